The molecule has 0 bridgehead atoms. The lowest BCUT2D eigenvalue weighted by molar-refractivity contribution is -0.115. The summed E-state index contributed by atoms with van der Waals surface area (Å²) in [7, 11) is 1.52. The standard InChI is InChI=1S/C15H18N4O2/c1-10-7-14(21-2)19-15(17-10)18-13(20)8-11-5-3-4-6-12(11)9-16/h3-7H,8-9,16H2,1-2H3,(H,17,18,19,20). The van der Waals surface area contributed by atoms with E-state index < -0.39 is 0 Å². The van der Waals surface area contributed by atoms with Crippen LogP contribution in [0.4, 0.5) is 5.95 Å². The Balaban J connectivity index is 2.10. The molecule has 1 heterocycles. The molecule has 0 atom stereocenters. The summed E-state index contributed by atoms with van der Waals surface area (Å²) in [4.78, 5) is 20.3. The van der Waals surface area contributed by atoms with Crippen LogP contribution < -0.4 is 15.8 Å². The Labute approximate surface area is 123 Å². The maximum absolute atomic E-state index is 12.1. The molecule has 21 heavy (non-hydrogen) atoms. The van der Waals surface area contributed by atoms with Crippen molar-refractivity contribution in [3.63, 3.8) is 0 Å². The van der Waals surface area contributed by atoms with Crippen molar-refractivity contribution in [2.75, 3.05) is 12.4 Å². The number of nitrogens with zero attached hydrogens (tertiary/aromatic N) is 2. The van der Waals surface area contributed by atoms with Crippen molar-refractivity contribution in [2.45, 2.75) is 19.9 Å². The van der Waals surface area contributed by atoms with E-state index in [-0.39, 0.29) is 18.3 Å². The minimum Gasteiger partial charge on any atom is -0.481 e. The Morgan fingerprint density at radius 1 is 1.29 bits per heavy atom. The van der Waals surface area contributed by atoms with Crippen LogP contribution in [-0.2, 0) is 17.8 Å². The monoisotopic (exact) mass is 286 g/mol. The molecule has 110 valence electrons. The zero-order valence-corrected chi connectivity index (χ0v) is 12.1. The third-order valence-electron chi connectivity index (χ3n) is 2.98. The molecule has 3 N–H and O–H groups in total. The van der Waals surface area contributed by atoms with E-state index in [0.717, 1.165) is 16.8 Å². The van der Waals surface area contributed by atoms with Gasteiger partial charge >= 0.3 is 0 Å². The second-order valence-electron chi connectivity index (χ2n) is 4.57. The summed E-state index contributed by atoms with van der Waals surface area (Å²) >= 11 is 0. The number of aromatic nitrogens is 2. The fourth-order valence-electron chi connectivity index (χ4n) is 1.97. The molecule has 1 amide bonds. The molecular formula is C15H18N4O2. The number of carbonyl (C=O) groups is 1. The fourth-order valence-corrected chi connectivity index (χ4v) is 1.97. The zero-order valence-electron chi connectivity index (χ0n) is 12.1. The molecule has 1 aromatic heterocycles. The van der Waals surface area contributed by atoms with Crippen molar-refractivity contribution in [2.24, 2.45) is 5.73 Å². The molecule has 0 saturated carbocycles. The highest BCUT2D eigenvalue weighted by atomic mass is 16.5. The lowest BCUT2D eigenvalue weighted by Gasteiger charge is -2.09. The number of rotatable bonds is 5. The third-order valence-corrected chi connectivity index (χ3v) is 2.98. The first-order chi connectivity index (χ1) is 10.1. The summed E-state index contributed by atoms with van der Waals surface area (Å²) in [6.45, 7) is 2.21. The smallest absolute Gasteiger partial charge is 0.232 e. The van der Waals surface area contributed by atoms with E-state index >= 15 is 0 Å². The van der Waals surface area contributed by atoms with Gasteiger partial charge in [-0.25, -0.2) is 4.98 Å². The molecule has 2 aromatic rings. The average Bonchev–Trinajstić information content (AvgIpc) is 2.47. The Kier molecular flexibility index (Phi) is 4.84. The molecule has 0 radical (unpaired) electrons. The molecule has 0 fully saturated rings. The Morgan fingerprint density at radius 2 is 2.00 bits per heavy atom. The van der Waals surface area contributed by atoms with E-state index in [2.05, 4.69) is 15.3 Å². The van der Waals surface area contributed by atoms with Crippen molar-refractivity contribution < 1.29 is 9.53 Å². The molecule has 0 aliphatic heterocycles. The van der Waals surface area contributed by atoms with Gasteiger partial charge in [-0.3, -0.25) is 10.1 Å². The van der Waals surface area contributed by atoms with Crippen LogP contribution in [0.3, 0.4) is 0 Å². The van der Waals surface area contributed by atoms with Gasteiger partial charge in [0.25, 0.3) is 0 Å². The molecule has 0 saturated heterocycles. The van der Waals surface area contributed by atoms with Gasteiger partial charge in [-0.2, -0.15) is 4.98 Å². The SMILES string of the molecule is COc1cc(C)nc(NC(=O)Cc2ccccc2CN)n1. The number of benzene rings is 1. The molecule has 1 aromatic carbocycles. The summed E-state index contributed by atoms with van der Waals surface area (Å²) in [6, 6.07) is 9.28. The van der Waals surface area contributed by atoms with Gasteiger partial charge < -0.3 is 10.5 Å². The third kappa shape index (κ3) is 4.00. The van der Waals surface area contributed by atoms with E-state index in [9.17, 15) is 4.79 Å². The lowest BCUT2D eigenvalue weighted by Crippen LogP contribution is -2.18. The number of hydrogen-bond acceptors (Lipinski definition) is 5. The molecule has 6 heteroatoms. The van der Waals surface area contributed by atoms with Gasteiger partial charge in [0.05, 0.1) is 13.5 Å². The van der Waals surface area contributed by atoms with E-state index in [1.165, 1.54) is 7.11 Å². The van der Waals surface area contributed by atoms with Crippen LogP contribution in [-0.4, -0.2) is 23.0 Å². The van der Waals surface area contributed by atoms with Crippen LogP contribution >= 0.6 is 0 Å². The second-order valence-corrected chi connectivity index (χ2v) is 4.57. The number of anilines is 1. The summed E-state index contributed by atoms with van der Waals surface area (Å²) in [6.07, 6.45) is 0.229. The number of amides is 1. The predicted molar refractivity (Wildman–Crippen MR) is 80.0 cm³/mol. The van der Waals surface area contributed by atoms with Crippen LogP contribution in [0.1, 0.15) is 16.8 Å². The van der Waals surface area contributed by atoms with Crippen molar-refractivity contribution in [1.82, 2.24) is 9.97 Å². The number of methoxy groups -OCH3 is 1. The topological polar surface area (TPSA) is 90.1 Å². The highest BCUT2D eigenvalue weighted by Crippen LogP contribution is 2.13. The molecule has 0 unspecified atom stereocenters. The lowest BCUT2D eigenvalue weighted by atomic mass is 10.0. The minimum atomic E-state index is -0.191. The van der Waals surface area contributed by atoms with Gasteiger partial charge in [0.1, 0.15) is 0 Å². The Hall–Kier alpha value is -2.47. The number of carbonyl (C=O) groups excluding carboxylic acids is 1. The Bertz CT molecular complexity index is 643. The van der Waals surface area contributed by atoms with Crippen molar-refractivity contribution in [3.8, 4) is 5.88 Å². The van der Waals surface area contributed by atoms with Crippen molar-refractivity contribution >= 4 is 11.9 Å². The van der Waals surface area contributed by atoms with E-state index in [0.29, 0.717) is 12.4 Å². The van der Waals surface area contributed by atoms with Gasteiger partial charge in [-0.1, -0.05) is 24.3 Å². The van der Waals surface area contributed by atoms with Crippen LogP contribution in [0, 0.1) is 6.92 Å². The first-order valence-corrected chi connectivity index (χ1v) is 6.58. The molecule has 2 rings (SSSR count). The van der Waals surface area contributed by atoms with E-state index in [4.69, 9.17) is 10.5 Å². The van der Waals surface area contributed by atoms with Crippen LogP contribution in [0.25, 0.3) is 0 Å². The quantitative estimate of drug-likeness (QED) is 0.868. The average molecular weight is 286 g/mol. The molecule has 0 spiro atoms. The highest BCUT2D eigenvalue weighted by molar-refractivity contribution is 5.90. The van der Waals surface area contributed by atoms with Crippen LogP contribution in [0.5, 0.6) is 5.88 Å². The van der Waals surface area contributed by atoms with E-state index in [1.807, 2.05) is 31.2 Å². The van der Waals surface area contributed by atoms with Gasteiger partial charge in [0.2, 0.25) is 17.7 Å². The summed E-state index contributed by atoms with van der Waals surface area (Å²) in [5.74, 6) is 0.464. The van der Waals surface area contributed by atoms with Gasteiger partial charge in [-0.15, -0.1) is 0 Å². The van der Waals surface area contributed by atoms with Crippen molar-refractivity contribution in [3.05, 3.63) is 47.2 Å². The first-order valence-electron chi connectivity index (χ1n) is 6.58. The molecule has 6 nitrogen and oxygen atoms in total. The summed E-state index contributed by atoms with van der Waals surface area (Å²) < 4.78 is 5.05. The number of ether oxygens (including phenoxy) is 1. The second kappa shape index (κ2) is 6.81. The predicted octanol–water partition coefficient (Wildman–Crippen LogP) is 1.43. The van der Waals surface area contributed by atoms with Crippen molar-refractivity contribution in [1.29, 1.82) is 0 Å². The molecule has 0 aliphatic carbocycles. The number of aryl methyl sites for hydroxylation is 1. The zero-order chi connectivity index (χ0) is 15.2. The summed E-state index contributed by atoms with van der Waals surface area (Å²) in [5, 5.41) is 2.68. The maximum atomic E-state index is 12.1. The van der Waals surface area contributed by atoms with Gasteiger partial charge in [0, 0.05) is 18.3 Å². The molecule has 0 aliphatic rings. The highest BCUT2D eigenvalue weighted by Gasteiger charge is 2.10. The molecular weight excluding hydrogens is 268 g/mol. The van der Waals surface area contributed by atoms with Gasteiger partial charge in [-0.05, 0) is 18.1 Å². The van der Waals surface area contributed by atoms with Gasteiger partial charge in [0.15, 0.2) is 0 Å². The number of nitrogens with two attached hydrogens (primary N) is 1. The summed E-state index contributed by atoms with van der Waals surface area (Å²) in [5.41, 5.74) is 8.24. The Morgan fingerprint density at radius 3 is 2.67 bits per heavy atom. The normalized spacial score (nSPS) is 10.2. The van der Waals surface area contributed by atoms with Crippen LogP contribution in [0.15, 0.2) is 30.3 Å². The van der Waals surface area contributed by atoms with E-state index in [1.54, 1.807) is 6.07 Å². The number of hydrogen-bond donors (Lipinski definition) is 2. The fraction of sp³-hybridized carbons (Fsp3) is 0.267. The number of nitrogens with one attached hydrogen (secondary N) is 1. The largest absolute Gasteiger partial charge is 0.481 e. The van der Waals surface area contributed by atoms with Crippen LogP contribution in [0.2, 0.25) is 0 Å². The first kappa shape index (κ1) is 14.9. The minimum absolute atomic E-state index is 0.191. The maximum Gasteiger partial charge on any atom is 0.232 e.